The van der Waals surface area contributed by atoms with Gasteiger partial charge in [0.1, 0.15) is 5.75 Å². The lowest BCUT2D eigenvalue weighted by atomic mass is 10.1. The quantitative estimate of drug-likeness (QED) is 0.795. The third-order valence-electron chi connectivity index (χ3n) is 2.81. The van der Waals surface area contributed by atoms with Gasteiger partial charge in [0.05, 0.1) is 18.6 Å². The van der Waals surface area contributed by atoms with Crippen molar-refractivity contribution in [2.75, 3.05) is 19.4 Å². The van der Waals surface area contributed by atoms with Crippen LogP contribution in [0.2, 0.25) is 0 Å². The van der Waals surface area contributed by atoms with Gasteiger partial charge in [0.2, 0.25) is 0 Å². The molecule has 0 fully saturated rings. The van der Waals surface area contributed by atoms with Crippen LogP contribution in [0.5, 0.6) is 5.75 Å². The Labute approximate surface area is 116 Å². The minimum Gasteiger partial charge on any atom is -0.496 e. The van der Waals surface area contributed by atoms with Crippen molar-refractivity contribution in [3.05, 3.63) is 29.3 Å². The fourth-order valence-corrected chi connectivity index (χ4v) is 3.41. The smallest absolute Gasteiger partial charge is 0.154 e. The second kappa shape index (κ2) is 7.50. The molecule has 0 bridgehead atoms. The topological polar surface area (TPSA) is 55.4 Å². The Bertz CT molecular complexity index is 497. The molecular formula is C14H23NO3S. The minimum absolute atomic E-state index is 0.0456. The summed E-state index contributed by atoms with van der Waals surface area (Å²) in [7, 11) is -1.49. The number of hydrogen-bond acceptors (Lipinski definition) is 4. The predicted octanol–water partition coefficient (Wildman–Crippen LogP) is 2.13. The standard InChI is InChI=1S/C14H23NO3S/c1-4-8-19(16,17)11-13-9-12(10-15-5-2)6-7-14(13)18-3/h6-7,9,15H,4-5,8,10-11H2,1-3H3. The van der Waals surface area contributed by atoms with Crippen molar-refractivity contribution in [1.29, 1.82) is 0 Å². The molecule has 0 aliphatic heterocycles. The van der Waals surface area contributed by atoms with Crippen molar-refractivity contribution in [3.8, 4) is 5.75 Å². The number of hydrogen-bond donors (Lipinski definition) is 1. The Hall–Kier alpha value is -1.07. The zero-order valence-corrected chi connectivity index (χ0v) is 12.7. The van der Waals surface area contributed by atoms with Crippen LogP contribution in [0.15, 0.2) is 18.2 Å². The Balaban J connectivity index is 2.95. The summed E-state index contributed by atoms with van der Waals surface area (Å²) in [6.45, 7) is 5.53. The molecule has 5 heteroatoms. The Morgan fingerprint density at radius 2 is 2.00 bits per heavy atom. The highest BCUT2D eigenvalue weighted by Gasteiger charge is 2.14. The summed E-state index contributed by atoms with van der Waals surface area (Å²) < 4.78 is 29.1. The summed E-state index contributed by atoms with van der Waals surface area (Å²) in [5.74, 6) is 0.900. The molecular weight excluding hydrogens is 262 g/mol. The van der Waals surface area contributed by atoms with Crippen molar-refractivity contribution in [1.82, 2.24) is 5.32 Å². The molecule has 0 saturated carbocycles. The highest BCUT2D eigenvalue weighted by molar-refractivity contribution is 7.90. The van der Waals surface area contributed by atoms with Crippen molar-refractivity contribution in [2.45, 2.75) is 32.6 Å². The van der Waals surface area contributed by atoms with Gasteiger partial charge in [-0.15, -0.1) is 0 Å². The molecule has 0 aliphatic carbocycles. The Morgan fingerprint density at radius 1 is 1.26 bits per heavy atom. The number of sulfone groups is 1. The molecule has 4 nitrogen and oxygen atoms in total. The zero-order chi connectivity index (χ0) is 14.3. The van der Waals surface area contributed by atoms with Gasteiger partial charge >= 0.3 is 0 Å². The molecule has 108 valence electrons. The maximum absolute atomic E-state index is 11.9. The third kappa shape index (κ3) is 5.20. The van der Waals surface area contributed by atoms with Gasteiger partial charge in [0, 0.05) is 12.1 Å². The maximum Gasteiger partial charge on any atom is 0.154 e. The Kier molecular flexibility index (Phi) is 6.31. The monoisotopic (exact) mass is 285 g/mol. The molecule has 1 N–H and O–H groups in total. The van der Waals surface area contributed by atoms with E-state index in [-0.39, 0.29) is 11.5 Å². The summed E-state index contributed by atoms with van der Waals surface area (Å²) >= 11 is 0. The van der Waals surface area contributed by atoms with Crippen molar-refractivity contribution < 1.29 is 13.2 Å². The summed E-state index contributed by atoms with van der Waals surface area (Å²) in [6, 6.07) is 5.70. The van der Waals surface area contributed by atoms with Crippen LogP contribution in [-0.2, 0) is 22.1 Å². The third-order valence-corrected chi connectivity index (χ3v) is 4.60. The largest absolute Gasteiger partial charge is 0.496 e. The first-order valence-corrected chi connectivity index (χ1v) is 8.41. The Morgan fingerprint density at radius 3 is 2.58 bits per heavy atom. The van der Waals surface area contributed by atoms with Gasteiger partial charge in [-0.05, 0) is 30.7 Å². The van der Waals surface area contributed by atoms with Gasteiger partial charge in [-0.3, -0.25) is 0 Å². The van der Waals surface area contributed by atoms with E-state index >= 15 is 0 Å². The number of rotatable bonds is 8. The van der Waals surface area contributed by atoms with E-state index in [0.29, 0.717) is 12.2 Å². The van der Waals surface area contributed by atoms with E-state index in [1.807, 2.05) is 32.0 Å². The number of benzene rings is 1. The highest BCUT2D eigenvalue weighted by Crippen LogP contribution is 2.22. The van der Waals surface area contributed by atoms with Crippen LogP contribution in [-0.4, -0.2) is 27.8 Å². The normalized spacial score (nSPS) is 11.5. The zero-order valence-electron chi connectivity index (χ0n) is 11.9. The van der Waals surface area contributed by atoms with Gasteiger partial charge in [-0.2, -0.15) is 0 Å². The molecule has 0 radical (unpaired) electrons. The van der Waals surface area contributed by atoms with Gasteiger partial charge in [0.25, 0.3) is 0 Å². The summed E-state index contributed by atoms with van der Waals surface area (Å²) in [6.07, 6.45) is 0.641. The molecule has 1 rings (SSSR count). The number of ether oxygens (including phenoxy) is 1. The van der Waals surface area contributed by atoms with E-state index in [9.17, 15) is 8.42 Å². The van der Waals surface area contributed by atoms with Crippen LogP contribution < -0.4 is 10.1 Å². The van der Waals surface area contributed by atoms with Crippen LogP contribution in [0, 0.1) is 0 Å². The molecule has 1 aromatic carbocycles. The summed E-state index contributed by atoms with van der Waals surface area (Å²) in [5.41, 5.74) is 1.82. The molecule has 1 aromatic rings. The molecule has 19 heavy (non-hydrogen) atoms. The first-order valence-electron chi connectivity index (χ1n) is 6.59. The van der Waals surface area contributed by atoms with Gasteiger partial charge in [-0.25, -0.2) is 8.42 Å². The van der Waals surface area contributed by atoms with Crippen LogP contribution in [0.1, 0.15) is 31.4 Å². The fraction of sp³-hybridized carbons (Fsp3) is 0.571. The van der Waals surface area contributed by atoms with E-state index in [4.69, 9.17) is 4.74 Å². The van der Waals surface area contributed by atoms with E-state index in [1.165, 1.54) is 0 Å². The maximum atomic E-state index is 11.9. The number of nitrogens with one attached hydrogen (secondary N) is 1. The molecule has 0 saturated heterocycles. The predicted molar refractivity (Wildman–Crippen MR) is 78.2 cm³/mol. The molecule has 0 heterocycles. The second-order valence-corrected chi connectivity index (χ2v) is 6.70. The van der Waals surface area contributed by atoms with Gasteiger partial charge < -0.3 is 10.1 Å². The molecule has 0 spiro atoms. The van der Waals surface area contributed by atoms with Crippen LogP contribution in [0.4, 0.5) is 0 Å². The SMILES string of the molecule is CCCS(=O)(=O)Cc1cc(CNCC)ccc1OC. The lowest BCUT2D eigenvalue weighted by molar-refractivity contribution is 0.410. The molecule has 0 aliphatic rings. The first kappa shape index (κ1) is 16.0. The van der Waals surface area contributed by atoms with E-state index in [0.717, 1.165) is 24.2 Å². The highest BCUT2D eigenvalue weighted by atomic mass is 32.2. The summed E-state index contributed by atoms with van der Waals surface area (Å²) in [5, 5.41) is 3.23. The van der Waals surface area contributed by atoms with Crippen molar-refractivity contribution in [2.24, 2.45) is 0 Å². The van der Waals surface area contributed by atoms with Crippen molar-refractivity contribution in [3.63, 3.8) is 0 Å². The molecule has 0 amide bonds. The van der Waals surface area contributed by atoms with Gasteiger partial charge in [-0.1, -0.05) is 19.9 Å². The molecule has 0 unspecified atom stereocenters. The fourth-order valence-electron chi connectivity index (χ4n) is 1.94. The van der Waals surface area contributed by atoms with Crippen molar-refractivity contribution >= 4 is 9.84 Å². The second-order valence-electron chi connectivity index (χ2n) is 4.52. The molecule has 0 atom stereocenters. The van der Waals surface area contributed by atoms with Crippen LogP contribution >= 0.6 is 0 Å². The lowest BCUT2D eigenvalue weighted by Crippen LogP contribution is -2.13. The van der Waals surface area contributed by atoms with Crippen LogP contribution in [0.25, 0.3) is 0 Å². The van der Waals surface area contributed by atoms with E-state index in [1.54, 1.807) is 7.11 Å². The van der Waals surface area contributed by atoms with E-state index in [2.05, 4.69) is 5.32 Å². The van der Waals surface area contributed by atoms with Crippen LogP contribution in [0.3, 0.4) is 0 Å². The summed E-state index contributed by atoms with van der Waals surface area (Å²) in [4.78, 5) is 0. The average molecular weight is 285 g/mol. The molecule has 0 aromatic heterocycles. The minimum atomic E-state index is -3.05. The number of methoxy groups -OCH3 is 1. The average Bonchev–Trinajstić information content (AvgIpc) is 2.36. The van der Waals surface area contributed by atoms with Gasteiger partial charge in [0.15, 0.2) is 9.84 Å². The lowest BCUT2D eigenvalue weighted by Gasteiger charge is -2.11. The first-order chi connectivity index (χ1) is 9.02. The van der Waals surface area contributed by atoms with E-state index < -0.39 is 9.84 Å².